The highest BCUT2D eigenvalue weighted by Gasteiger charge is 2.21. The first-order valence-electron chi connectivity index (χ1n) is 10.2. The molecular formula is C22H26N6O3S. The van der Waals surface area contributed by atoms with Gasteiger partial charge < -0.3 is 25.5 Å². The third-order valence-corrected chi connectivity index (χ3v) is 6.43. The van der Waals surface area contributed by atoms with Crippen LogP contribution in [0.3, 0.4) is 0 Å². The highest BCUT2D eigenvalue weighted by molar-refractivity contribution is 7.22. The molecule has 0 spiro atoms. The first-order valence-corrected chi connectivity index (χ1v) is 11.0. The average molecular weight is 455 g/mol. The number of thiophene rings is 1. The topological polar surface area (TPSA) is 116 Å². The van der Waals surface area contributed by atoms with Gasteiger partial charge in [0.2, 0.25) is 0 Å². The van der Waals surface area contributed by atoms with Crippen molar-refractivity contribution in [3.63, 3.8) is 0 Å². The predicted octanol–water partition coefficient (Wildman–Crippen LogP) is 3.52. The van der Waals surface area contributed by atoms with Crippen molar-refractivity contribution in [2.45, 2.75) is 6.92 Å². The number of ether oxygens (including phenoxy) is 2. The van der Waals surface area contributed by atoms with E-state index in [0.29, 0.717) is 30.5 Å². The second kappa shape index (κ2) is 9.51. The van der Waals surface area contributed by atoms with Crippen molar-refractivity contribution in [1.29, 1.82) is 5.41 Å². The van der Waals surface area contributed by atoms with E-state index in [2.05, 4.69) is 15.6 Å². The van der Waals surface area contributed by atoms with Crippen LogP contribution in [0.5, 0.6) is 5.75 Å². The number of rotatable bonds is 8. The van der Waals surface area contributed by atoms with Gasteiger partial charge in [-0.1, -0.05) is 11.3 Å². The van der Waals surface area contributed by atoms with Gasteiger partial charge in [-0.15, -0.1) is 0 Å². The van der Waals surface area contributed by atoms with Gasteiger partial charge in [0.05, 0.1) is 25.4 Å². The molecule has 0 saturated carbocycles. The number of fused-ring (bicyclic) bond motifs is 2. The molecule has 0 aliphatic carbocycles. The van der Waals surface area contributed by atoms with E-state index in [0.717, 1.165) is 50.7 Å². The molecule has 0 atom stereocenters. The fraction of sp³-hybridized carbons (Fsp3) is 0.318. The van der Waals surface area contributed by atoms with Gasteiger partial charge in [-0.2, -0.15) is 0 Å². The normalized spacial score (nSPS) is 13.3. The van der Waals surface area contributed by atoms with Crippen LogP contribution < -0.4 is 20.4 Å². The van der Waals surface area contributed by atoms with Crippen molar-refractivity contribution in [1.82, 2.24) is 15.3 Å². The zero-order chi connectivity index (χ0) is 22.7. The van der Waals surface area contributed by atoms with Crippen molar-refractivity contribution in [2.24, 2.45) is 0 Å². The highest BCUT2D eigenvalue weighted by atomic mass is 32.1. The van der Waals surface area contributed by atoms with Crippen molar-refractivity contribution >= 4 is 44.3 Å². The second-order valence-electron chi connectivity index (χ2n) is 7.23. The summed E-state index contributed by atoms with van der Waals surface area (Å²) in [4.78, 5) is 10.2. The lowest BCUT2D eigenvalue weighted by Gasteiger charge is -2.18. The molecule has 0 unspecified atom stereocenters. The van der Waals surface area contributed by atoms with E-state index in [1.807, 2.05) is 26.1 Å². The molecule has 3 aromatic heterocycles. The molecule has 0 bridgehead atoms. The van der Waals surface area contributed by atoms with Gasteiger partial charge in [0.1, 0.15) is 16.4 Å². The minimum Gasteiger partial charge on any atom is -0.488 e. The van der Waals surface area contributed by atoms with Crippen LogP contribution in [0.25, 0.3) is 27.2 Å². The number of allylic oxidation sites excluding steroid dienone is 1. The first kappa shape index (κ1) is 22.0. The summed E-state index contributed by atoms with van der Waals surface area (Å²) in [6.45, 7) is 4.03. The largest absolute Gasteiger partial charge is 0.488 e. The Hall–Kier alpha value is -3.21. The number of pyridine rings is 2. The number of methoxy groups -OCH3 is 1. The van der Waals surface area contributed by atoms with Crippen LogP contribution in [0, 0.1) is 12.3 Å². The number of hydroxylamine groups is 1. The van der Waals surface area contributed by atoms with E-state index in [4.69, 9.17) is 19.9 Å². The summed E-state index contributed by atoms with van der Waals surface area (Å²) in [5, 5.41) is 27.4. The highest BCUT2D eigenvalue weighted by Crippen LogP contribution is 2.41. The van der Waals surface area contributed by atoms with Crippen LogP contribution in [0.15, 0.2) is 24.4 Å². The average Bonchev–Trinajstić information content (AvgIpc) is 3.16. The van der Waals surface area contributed by atoms with Gasteiger partial charge in [-0.3, -0.25) is 5.21 Å². The predicted molar refractivity (Wildman–Crippen MR) is 128 cm³/mol. The molecular weight excluding hydrogens is 428 g/mol. The summed E-state index contributed by atoms with van der Waals surface area (Å²) < 4.78 is 10.8. The van der Waals surface area contributed by atoms with Crippen LogP contribution in [0.1, 0.15) is 11.1 Å². The quantitative estimate of drug-likeness (QED) is 0.302. The number of nitrogens with zero attached hydrogens (tertiary/aromatic N) is 3. The molecule has 3 aromatic rings. The standard InChI is InChI=1S/C22H26N6O3S/c1-13-19-15(16(24-2)4-5-23)11-17(14-10-18-20(26-12-14)25-6-8-31-18)27-21(19)32-22(13)28(29)7-9-30-3/h4-5,10-12,23-24,29H,6-9H2,1-3H3,(H,25,26)/b16-4-,23-5?. The lowest BCUT2D eigenvalue weighted by atomic mass is 10.0. The Morgan fingerprint density at radius 2 is 2.31 bits per heavy atom. The summed E-state index contributed by atoms with van der Waals surface area (Å²) >= 11 is 1.41. The minimum atomic E-state index is 0.348. The minimum absolute atomic E-state index is 0.348. The Balaban J connectivity index is 1.90. The molecule has 32 heavy (non-hydrogen) atoms. The van der Waals surface area contributed by atoms with Gasteiger partial charge in [0.15, 0.2) is 11.6 Å². The second-order valence-corrected chi connectivity index (χ2v) is 8.20. The van der Waals surface area contributed by atoms with Crippen LogP contribution >= 0.6 is 11.3 Å². The van der Waals surface area contributed by atoms with Gasteiger partial charge in [-0.05, 0) is 30.7 Å². The Bertz CT molecular complexity index is 1180. The van der Waals surface area contributed by atoms with Crippen LogP contribution in [-0.4, -0.2) is 61.9 Å². The van der Waals surface area contributed by atoms with E-state index < -0.39 is 0 Å². The van der Waals surface area contributed by atoms with E-state index >= 15 is 0 Å². The summed E-state index contributed by atoms with van der Waals surface area (Å²) in [6, 6.07) is 3.92. The van der Waals surface area contributed by atoms with E-state index in [1.54, 1.807) is 19.4 Å². The fourth-order valence-corrected chi connectivity index (χ4v) is 4.81. The number of aryl methyl sites for hydroxylation is 1. The van der Waals surface area contributed by atoms with Crippen molar-refractivity contribution in [3.05, 3.63) is 35.5 Å². The molecule has 0 fully saturated rings. The van der Waals surface area contributed by atoms with Gasteiger partial charge in [0, 0.05) is 48.8 Å². The van der Waals surface area contributed by atoms with Gasteiger partial charge >= 0.3 is 0 Å². The summed E-state index contributed by atoms with van der Waals surface area (Å²) in [6.07, 6.45) is 4.72. The molecule has 0 amide bonds. The van der Waals surface area contributed by atoms with E-state index in [-0.39, 0.29) is 0 Å². The Morgan fingerprint density at radius 3 is 3.06 bits per heavy atom. The molecule has 0 aromatic carbocycles. The molecule has 1 aliphatic heterocycles. The van der Waals surface area contributed by atoms with Crippen molar-refractivity contribution in [2.75, 3.05) is 50.8 Å². The Morgan fingerprint density at radius 1 is 1.47 bits per heavy atom. The number of aromatic nitrogens is 2. The molecule has 4 rings (SSSR count). The maximum Gasteiger partial charge on any atom is 0.168 e. The van der Waals surface area contributed by atoms with Crippen LogP contribution in [0.2, 0.25) is 0 Å². The maximum absolute atomic E-state index is 10.6. The van der Waals surface area contributed by atoms with Gasteiger partial charge in [0.25, 0.3) is 0 Å². The summed E-state index contributed by atoms with van der Waals surface area (Å²) in [7, 11) is 3.42. The third-order valence-electron chi connectivity index (χ3n) is 5.23. The Kier molecular flexibility index (Phi) is 6.54. The lowest BCUT2D eigenvalue weighted by molar-refractivity contribution is 0.167. The SMILES string of the molecule is CN/C(=C\C=N)c1cc(-c2cnc3c(c2)OCCN3)nc2sc(N(O)CCOC)c(C)c12. The van der Waals surface area contributed by atoms with E-state index in [9.17, 15) is 5.21 Å². The molecule has 168 valence electrons. The number of hydrogen-bond donors (Lipinski definition) is 4. The monoisotopic (exact) mass is 454 g/mol. The fourth-order valence-electron chi connectivity index (χ4n) is 3.67. The van der Waals surface area contributed by atoms with E-state index in [1.165, 1.54) is 22.6 Å². The van der Waals surface area contributed by atoms with Crippen molar-refractivity contribution in [3.8, 4) is 17.0 Å². The zero-order valence-electron chi connectivity index (χ0n) is 18.2. The number of anilines is 2. The maximum atomic E-state index is 10.6. The summed E-state index contributed by atoms with van der Waals surface area (Å²) in [5.74, 6) is 1.43. The zero-order valence-corrected chi connectivity index (χ0v) is 19.0. The number of nitrogens with one attached hydrogen (secondary N) is 3. The third kappa shape index (κ3) is 4.12. The molecule has 0 saturated heterocycles. The summed E-state index contributed by atoms with van der Waals surface area (Å²) in [5.41, 5.74) is 4.16. The van der Waals surface area contributed by atoms with Crippen LogP contribution in [0.4, 0.5) is 10.8 Å². The molecule has 9 nitrogen and oxygen atoms in total. The molecule has 4 N–H and O–H groups in total. The number of hydrogen-bond acceptors (Lipinski definition) is 10. The first-order chi connectivity index (χ1) is 15.6. The molecule has 4 heterocycles. The molecule has 0 radical (unpaired) electrons. The Labute approximate surface area is 190 Å². The van der Waals surface area contributed by atoms with Crippen LogP contribution in [-0.2, 0) is 4.74 Å². The van der Waals surface area contributed by atoms with Crippen molar-refractivity contribution < 1.29 is 14.7 Å². The molecule has 10 heteroatoms. The van der Waals surface area contributed by atoms with Gasteiger partial charge in [-0.25, -0.2) is 15.0 Å². The lowest BCUT2D eigenvalue weighted by Crippen LogP contribution is -2.22. The molecule has 1 aliphatic rings. The smallest absolute Gasteiger partial charge is 0.168 e.